The van der Waals surface area contributed by atoms with Gasteiger partial charge in [-0.05, 0) is 30.8 Å². The molecular formula is C15H18N4OS2. The SMILES string of the molecule is Cc1nc(Cn2cnc3snc(C)c3c2=O)sc1C(C)(C)C. The first-order valence-corrected chi connectivity index (χ1v) is 8.64. The van der Waals surface area contributed by atoms with Gasteiger partial charge in [0.1, 0.15) is 5.01 Å². The molecule has 7 heteroatoms. The van der Waals surface area contributed by atoms with E-state index in [1.165, 1.54) is 16.4 Å². The molecule has 3 aromatic rings. The summed E-state index contributed by atoms with van der Waals surface area (Å²) < 4.78 is 5.83. The van der Waals surface area contributed by atoms with Gasteiger partial charge in [-0.1, -0.05) is 20.8 Å². The molecule has 0 aliphatic carbocycles. The molecule has 0 radical (unpaired) electrons. The van der Waals surface area contributed by atoms with Crippen LogP contribution in [0.25, 0.3) is 10.2 Å². The summed E-state index contributed by atoms with van der Waals surface area (Å²) >= 11 is 2.94. The van der Waals surface area contributed by atoms with Crippen LogP contribution >= 0.6 is 22.9 Å². The summed E-state index contributed by atoms with van der Waals surface area (Å²) in [6.45, 7) is 10.9. The molecule has 0 aromatic carbocycles. The molecule has 0 amide bonds. The van der Waals surface area contributed by atoms with Crippen molar-refractivity contribution in [1.29, 1.82) is 0 Å². The standard InChI is InChI=1S/C15H18N4OS2/c1-8-11-13(22-18-8)16-7-19(14(11)20)6-10-17-9(2)12(21-10)15(3,4)5/h7H,6H2,1-5H3. The average molecular weight is 334 g/mol. The van der Waals surface area contributed by atoms with Crippen molar-refractivity contribution in [2.45, 2.75) is 46.6 Å². The highest BCUT2D eigenvalue weighted by Gasteiger charge is 2.21. The number of fused-ring (bicyclic) bond motifs is 1. The van der Waals surface area contributed by atoms with E-state index in [4.69, 9.17) is 0 Å². The molecule has 3 aromatic heterocycles. The molecule has 0 N–H and O–H groups in total. The van der Waals surface area contributed by atoms with Gasteiger partial charge >= 0.3 is 0 Å². The van der Waals surface area contributed by atoms with Crippen LogP contribution in [0.15, 0.2) is 11.1 Å². The van der Waals surface area contributed by atoms with Gasteiger partial charge in [-0.2, -0.15) is 4.37 Å². The molecule has 116 valence electrons. The molecule has 0 unspecified atom stereocenters. The molecule has 22 heavy (non-hydrogen) atoms. The summed E-state index contributed by atoms with van der Waals surface area (Å²) in [6, 6.07) is 0. The van der Waals surface area contributed by atoms with Gasteiger partial charge in [-0.3, -0.25) is 9.36 Å². The van der Waals surface area contributed by atoms with Gasteiger partial charge in [0, 0.05) is 4.88 Å². The summed E-state index contributed by atoms with van der Waals surface area (Å²) in [5.74, 6) is 0. The van der Waals surface area contributed by atoms with Crippen LogP contribution in [0.2, 0.25) is 0 Å². The highest BCUT2D eigenvalue weighted by Crippen LogP contribution is 2.31. The first kappa shape index (κ1) is 15.3. The fourth-order valence-corrected chi connectivity index (χ4v) is 4.34. The predicted molar refractivity (Wildman–Crippen MR) is 91.1 cm³/mol. The Kier molecular flexibility index (Phi) is 3.65. The topological polar surface area (TPSA) is 60.7 Å². The number of nitrogens with zero attached hydrogens (tertiary/aromatic N) is 4. The molecule has 5 nitrogen and oxygen atoms in total. The second-order valence-corrected chi connectivity index (χ2v) is 8.23. The Morgan fingerprint density at radius 3 is 2.59 bits per heavy atom. The minimum absolute atomic E-state index is 0.0404. The number of aromatic nitrogens is 4. The monoisotopic (exact) mass is 334 g/mol. The lowest BCUT2D eigenvalue weighted by molar-refractivity contribution is 0.598. The van der Waals surface area contributed by atoms with Crippen molar-refractivity contribution in [1.82, 2.24) is 18.9 Å². The van der Waals surface area contributed by atoms with Crippen LogP contribution in [-0.2, 0) is 12.0 Å². The Morgan fingerprint density at radius 1 is 1.23 bits per heavy atom. The second-order valence-electron chi connectivity index (χ2n) is 6.40. The summed E-state index contributed by atoms with van der Waals surface area (Å²) in [4.78, 5) is 23.5. The van der Waals surface area contributed by atoms with Gasteiger partial charge in [-0.25, -0.2) is 9.97 Å². The third kappa shape index (κ3) is 2.59. The van der Waals surface area contributed by atoms with Crippen molar-refractivity contribution in [3.05, 3.63) is 38.0 Å². The summed E-state index contributed by atoms with van der Waals surface area (Å²) in [7, 11) is 0. The van der Waals surface area contributed by atoms with Crippen molar-refractivity contribution in [2.24, 2.45) is 0 Å². The highest BCUT2D eigenvalue weighted by molar-refractivity contribution is 7.13. The van der Waals surface area contributed by atoms with Crippen LogP contribution in [0, 0.1) is 13.8 Å². The summed E-state index contributed by atoms with van der Waals surface area (Å²) in [5.41, 5.74) is 1.82. The van der Waals surface area contributed by atoms with Crippen molar-refractivity contribution in [3.8, 4) is 0 Å². The Labute approximate surface area is 136 Å². The maximum Gasteiger partial charge on any atom is 0.264 e. The zero-order chi connectivity index (χ0) is 16.1. The van der Waals surface area contributed by atoms with Crippen LogP contribution in [0.1, 0.15) is 42.0 Å². The molecule has 0 spiro atoms. The van der Waals surface area contributed by atoms with E-state index in [1.807, 2.05) is 13.8 Å². The van der Waals surface area contributed by atoms with Crippen LogP contribution < -0.4 is 5.56 Å². The molecule has 0 saturated heterocycles. The zero-order valence-corrected chi connectivity index (χ0v) is 14.9. The fourth-order valence-electron chi connectivity index (χ4n) is 2.48. The smallest absolute Gasteiger partial charge is 0.264 e. The number of thiazole rings is 1. The third-order valence-corrected chi connectivity index (χ3v) is 5.88. The molecule has 0 atom stereocenters. The molecule has 3 heterocycles. The van der Waals surface area contributed by atoms with E-state index in [-0.39, 0.29) is 11.0 Å². The van der Waals surface area contributed by atoms with Crippen LogP contribution in [0.3, 0.4) is 0 Å². The molecular weight excluding hydrogens is 316 g/mol. The van der Waals surface area contributed by atoms with Gasteiger partial charge in [0.2, 0.25) is 0 Å². The maximum absolute atomic E-state index is 12.6. The summed E-state index contributed by atoms with van der Waals surface area (Å²) in [6.07, 6.45) is 1.59. The van der Waals surface area contributed by atoms with E-state index in [9.17, 15) is 4.79 Å². The van der Waals surface area contributed by atoms with Gasteiger partial charge in [-0.15, -0.1) is 11.3 Å². The lowest BCUT2D eigenvalue weighted by atomic mass is 9.94. The Bertz CT molecular complexity index is 899. The van der Waals surface area contributed by atoms with Crippen LogP contribution in [0.4, 0.5) is 0 Å². The van der Waals surface area contributed by atoms with Gasteiger partial charge in [0.15, 0.2) is 4.83 Å². The largest absolute Gasteiger partial charge is 0.292 e. The molecule has 0 fully saturated rings. The van der Waals surface area contributed by atoms with E-state index >= 15 is 0 Å². The average Bonchev–Trinajstić information content (AvgIpc) is 2.96. The maximum atomic E-state index is 12.6. The highest BCUT2D eigenvalue weighted by atomic mass is 32.1. The summed E-state index contributed by atoms with van der Waals surface area (Å²) in [5, 5.41) is 1.56. The van der Waals surface area contributed by atoms with E-state index in [2.05, 4.69) is 35.1 Å². The Balaban J connectivity index is 2.02. The number of hydrogen-bond acceptors (Lipinski definition) is 6. The van der Waals surface area contributed by atoms with E-state index in [0.29, 0.717) is 16.8 Å². The molecule has 0 aliphatic rings. The first-order valence-electron chi connectivity index (χ1n) is 7.05. The minimum atomic E-state index is -0.0404. The molecule has 0 bridgehead atoms. The van der Waals surface area contributed by atoms with Crippen molar-refractivity contribution in [3.63, 3.8) is 0 Å². The molecule has 0 saturated carbocycles. The number of rotatable bonds is 2. The van der Waals surface area contributed by atoms with Crippen LogP contribution in [0.5, 0.6) is 0 Å². The predicted octanol–water partition coefficient (Wildman–Crippen LogP) is 3.27. The lowest BCUT2D eigenvalue weighted by Crippen LogP contribution is -2.21. The molecule has 0 aliphatic heterocycles. The Morgan fingerprint density at radius 2 is 1.95 bits per heavy atom. The minimum Gasteiger partial charge on any atom is -0.292 e. The van der Waals surface area contributed by atoms with Crippen molar-refractivity contribution >= 4 is 33.1 Å². The fraction of sp³-hybridized carbons (Fsp3) is 0.467. The third-order valence-electron chi connectivity index (χ3n) is 3.46. The number of aryl methyl sites for hydroxylation is 2. The van der Waals surface area contributed by atoms with Crippen LogP contribution in [-0.4, -0.2) is 18.9 Å². The second kappa shape index (κ2) is 5.24. The normalized spacial score (nSPS) is 12.2. The van der Waals surface area contributed by atoms with E-state index < -0.39 is 0 Å². The van der Waals surface area contributed by atoms with Gasteiger partial charge in [0.05, 0.1) is 29.6 Å². The van der Waals surface area contributed by atoms with Gasteiger partial charge < -0.3 is 0 Å². The van der Waals surface area contributed by atoms with Crippen molar-refractivity contribution < 1.29 is 0 Å². The zero-order valence-electron chi connectivity index (χ0n) is 13.3. The Hall–Kier alpha value is -1.60. The van der Waals surface area contributed by atoms with Gasteiger partial charge in [0.25, 0.3) is 5.56 Å². The first-order chi connectivity index (χ1) is 10.3. The molecule has 3 rings (SSSR count). The van der Waals surface area contributed by atoms with E-state index in [0.717, 1.165) is 16.4 Å². The van der Waals surface area contributed by atoms with E-state index in [1.54, 1.807) is 22.2 Å². The quantitative estimate of drug-likeness (QED) is 0.721. The van der Waals surface area contributed by atoms with Crippen molar-refractivity contribution in [2.75, 3.05) is 0 Å². The number of hydrogen-bond donors (Lipinski definition) is 0. The lowest BCUT2D eigenvalue weighted by Gasteiger charge is -2.16.